The molecule has 0 atom stereocenters. The van der Waals surface area contributed by atoms with Gasteiger partial charge in [-0.3, -0.25) is 9.48 Å². The molecule has 0 saturated heterocycles. The molecule has 0 aliphatic carbocycles. The molecule has 11 heteroatoms. The third kappa shape index (κ3) is 4.36. The van der Waals surface area contributed by atoms with Crippen molar-refractivity contribution in [3.05, 3.63) is 24.6 Å². The first-order chi connectivity index (χ1) is 9.97. The summed E-state index contributed by atoms with van der Waals surface area (Å²) in [5.41, 5.74) is 0. The second-order valence-electron chi connectivity index (χ2n) is 4.08. The zero-order valence-corrected chi connectivity index (χ0v) is 11.7. The molecular weight excluding hydrogens is 302 g/mol. The maximum atomic E-state index is 12.0. The lowest BCUT2D eigenvalue weighted by atomic mass is 10.4. The van der Waals surface area contributed by atoms with E-state index in [4.69, 9.17) is 5.11 Å². The smallest absolute Gasteiger partial charge is 0.305 e. The standard InChI is InChI=1S/C10H13N5O5S/c16-10(17)2-4-15-6-8(5-12-15)21(18,19)13-3-1-9-11-7-20-14-9/h5-7,13H,1-4H2,(H,16,17). The van der Waals surface area contributed by atoms with Crippen molar-refractivity contribution < 1.29 is 22.8 Å². The highest BCUT2D eigenvalue weighted by molar-refractivity contribution is 7.89. The van der Waals surface area contributed by atoms with Crippen molar-refractivity contribution in [2.75, 3.05) is 6.54 Å². The maximum Gasteiger partial charge on any atom is 0.305 e. The van der Waals surface area contributed by atoms with Crippen molar-refractivity contribution in [1.82, 2.24) is 24.6 Å². The molecule has 2 aromatic rings. The van der Waals surface area contributed by atoms with Crippen LogP contribution in [0.5, 0.6) is 0 Å². The van der Waals surface area contributed by atoms with Crippen LogP contribution in [-0.4, -0.2) is 46.0 Å². The quantitative estimate of drug-likeness (QED) is 0.649. The molecule has 0 amide bonds. The fraction of sp³-hybridized carbons (Fsp3) is 0.400. The Labute approximate surface area is 119 Å². The van der Waals surface area contributed by atoms with Crippen LogP contribution in [-0.2, 0) is 27.8 Å². The van der Waals surface area contributed by atoms with E-state index >= 15 is 0 Å². The average molecular weight is 315 g/mol. The number of aromatic nitrogens is 4. The average Bonchev–Trinajstić information content (AvgIpc) is 3.07. The Morgan fingerprint density at radius 2 is 2.29 bits per heavy atom. The first-order valence-corrected chi connectivity index (χ1v) is 7.45. The molecule has 0 spiro atoms. The van der Waals surface area contributed by atoms with E-state index in [-0.39, 0.29) is 24.4 Å². The molecule has 2 N–H and O–H groups in total. The highest BCUT2D eigenvalue weighted by Crippen LogP contribution is 2.07. The molecule has 0 aliphatic rings. The predicted molar refractivity (Wildman–Crippen MR) is 67.7 cm³/mol. The fourth-order valence-corrected chi connectivity index (χ4v) is 2.48. The van der Waals surface area contributed by atoms with E-state index in [1.807, 2.05) is 0 Å². The monoisotopic (exact) mass is 315 g/mol. The molecule has 0 aromatic carbocycles. The van der Waals surface area contributed by atoms with Gasteiger partial charge in [0, 0.05) is 19.2 Å². The molecule has 2 aromatic heterocycles. The first-order valence-electron chi connectivity index (χ1n) is 5.96. The number of aliphatic carboxylic acids is 1. The number of rotatable bonds is 8. The summed E-state index contributed by atoms with van der Waals surface area (Å²) in [5, 5.41) is 15.9. The Morgan fingerprint density at radius 3 is 2.95 bits per heavy atom. The number of aryl methyl sites for hydroxylation is 1. The molecular formula is C10H13N5O5S. The van der Waals surface area contributed by atoms with Crippen LogP contribution < -0.4 is 4.72 Å². The third-order valence-corrected chi connectivity index (χ3v) is 3.94. The van der Waals surface area contributed by atoms with E-state index in [0.717, 1.165) is 6.39 Å². The molecule has 2 rings (SSSR count). The normalized spacial score (nSPS) is 11.6. The van der Waals surface area contributed by atoms with E-state index < -0.39 is 16.0 Å². The first kappa shape index (κ1) is 15.1. The van der Waals surface area contributed by atoms with Gasteiger partial charge in [-0.05, 0) is 0 Å². The number of nitrogens with zero attached hydrogens (tertiary/aromatic N) is 4. The number of nitrogens with one attached hydrogen (secondary N) is 1. The summed E-state index contributed by atoms with van der Waals surface area (Å²) in [6.07, 6.45) is 3.77. The van der Waals surface area contributed by atoms with Crippen molar-refractivity contribution in [2.24, 2.45) is 0 Å². The van der Waals surface area contributed by atoms with Gasteiger partial charge in [-0.25, -0.2) is 13.1 Å². The molecule has 0 unspecified atom stereocenters. The van der Waals surface area contributed by atoms with Crippen LogP contribution in [0, 0.1) is 0 Å². The third-order valence-electron chi connectivity index (χ3n) is 2.52. The number of hydrogen-bond donors (Lipinski definition) is 2. The van der Waals surface area contributed by atoms with Gasteiger partial charge < -0.3 is 9.63 Å². The van der Waals surface area contributed by atoms with E-state index in [1.165, 1.54) is 17.1 Å². The molecule has 10 nitrogen and oxygen atoms in total. The molecule has 2 heterocycles. The second kappa shape index (κ2) is 6.45. The van der Waals surface area contributed by atoms with E-state index in [2.05, 4.69) is 24.5 Å². The molecule has 0 aliphatic heterocycles. The minimum absolute atomic E-state index is 0.0269. The summed E-state index contributed by atoms with van der Waals surface area (Å²) in [7, 11) is -3.70. The Kier molecular flexibility index (Phi) is 4.65. The van der Waals surface area contributed by atoms with Gasteiger partial charge in [-0.15, -0.1) is 0 Å². The lowest BCUT2D eigenvalue weighted by molar-refractivity contribution is -0.137. The number of carbonyl (C=O) groups is 1. The van der Waals surface area contributed by atoms with Crippen molar-refractivity contribution in [3.8, 4) is 0 Å². The lowest BCUT2D eigenvalue weighted by Gasteiger charge is -2.02. The van der Waals surface area contributed by atoms with E-state index in [1.54, 1.807) is 0 Å². The molecule has 114 valence electrons. The molecule has 0 bridgehead atoms. The predicted octanol–water partition coefficient (Wildman–Crippen LogP) is -0.738. The van der Waals surface area contributed by atoms with Crippen LogP contribution in [0.3, 0.4) is 0 Å². The van der Waals surface area contributed by atoms with E-state index in [0.29, 0.717) is 12.2 Å². The zero-order valence-electron chi connectivity index (χ0n) is 10.8. The van der Waals surface area contributed by atoms with Crippen molar-refractivity contribution >= 4 is 16.0 Å². The van der Waals surface area contributed by atoms with Crippen LogP contribution >= 0.6 is 0 Å². The summed E-state index contributed by atoms with van der Waals surface area (Å²) in [6, 6.07) is 0. The van der Waals surface area contributed by atoms with Crippen molar-refractivity contribution in [1.29, 1.82) is 0 Å². The van der Waals surface area contributed by atoms with Crippen LogP contribution in [0.1, 0.15) is 12.2 Å². The highest BCUT2D eigenvalue weighted by Gasteiger charge is 2.16. The van der Waals surface area contributed by atoms with Crippen molar-refractivity contribution in [2.45, 2.75) is 24.3 Å². The van der Waals surface area contributed by atoms with Gasteiger partial charge in [0.25, 0.3) is 0 Å². The molecule has 21 heavy (non-hydrogen) atoms. The van der Waals surface area contributed by atoms with Gasteiger partial charge in [0.2, 0.25) is 16.4 Å². The summed E-state index contributed by atoms with van der Waals surface area (Å²) < 4.78 is 32.1. The van der Waals surface area contributed by atoms with E-state index in [9.17, 15) is 13.2 Å². The number of hydrogen-bond acceptors (Lipinski definition) is 7. The highest BCUT2D eigenvalue weighted by atomic mass is 32.2. The van der Waals surface area contributed by atoms with Gasteiger partial charge in [0.15, 0.2) is 5.82 Å². The van der Waals surface area contributed by atoms with Crippen LogP contribution in [0.2, 0.25) is 0 Å². The Balaban J connectivity index is 1.91. The van der Waals surface area contributed by atoms with Gasteiger partial charge >= 0.3 is 5.97 Å². The topological polar surface area (TPSA) is 140 Å². The van der Waals surface area contributed by atoms with Gasteiger partial charge in [0.1, 0.15) is 4.90 Å². The minimum Gasteiger partial charge on any atom is -0.481 e. The Hall–Kier alpha value is -2.27. The van der Waals surface area contributed by atoms with Gasteiger partial charge in [0.05, 0.1) is 19.2 Å². The largest absolute Gasteiger partial charge is 0.481 e. The van der Waals surface area contributed by atoms with Crippen LogP contribution in [0.25, 0.3) is 0 Å². The van der Waals surface area contributed by atoms with Crippen LogP contribution in [0.15, 0.2) is 28.2 Å². The minimum atomic E-state index is -3.70. The van der Waals surface area contributed by atoms with Gasteiger partial charge in [-0.1, -0.05) is 5.16 Å². The SMILES string of the molecule is O=C(O)CCn1cc(S(=O)(=O)NCCc2ncon2)cn1. The number of carboxylic acid groups (broad SMARTS) is 1. The maximum absolute atomic E-state index is 12.0. The summed E-state index contributed by atoms with van der Waals surface area (Å²) >= 11 is 0. The fourth-order valence-electron chi connectivity index (χ4n) is 1.50. The lowest BCUT2D eigenvalue weighted by Crippen LogP contribution is -2.26. The number of sulfonamides is 1. The second-order valence-corrected chi connectivity index (χ2v) is 5.85. The number of carboxylic acids is 1. The summed E-state index contributed by atoms with van der Waals surface area (Å²) in [4.78, 5) is 14.2. The van der Waals surface area contributed by atoms with Crippen LogP contribution in [0.4, 0.5) is 0 Å². The van der Waals surface area contributed by atoms with Gasteiger partial charge in [-0.2, -0.15) is 10.1 Å². The Morgan fingerprint density at radius 1 is 1.48 bits per heavy atom. The zero-order chi connectivity index (χ0) is 15.3. The molecule has 0 saturated carbocycles. The summed E-state index contributed by atoms with van der Waals surface area (Å²) in [5.74, 6) is -0.581. The Bertz CT molecular complexity index is 693. The molecule has 0 fully saturated rings. The van der Waals surface area contributed by atoms with Crippen molar-refractivity contribution in [3.63, 3.8) is 0 Å². The molecule has 0 radical (unpaired) electrons. The summed E-state index contributed by atoms with van der Waals surface area (Å²) in [6.45, 7) is 0.218.